The van der Waals surface area contributed by atoms with E-state index in [4.69, 9.17) is 27.9 Å². The van der Waals surface area contributed by atoms with Crippen LogP contribution in [0.5, 0.6) is 5.75 Å². The van der Waals surface area contributed by atoms with Gasteiger partial charge in [0.05, 0.1) is 19.9 Å². The normalized spacial score (nSPS) is 10.8. The van der Waals surface area contributed by atoms with Gasteiger partial charge in [-0.3, -0.25) is 4.79 Å². The summed E-state index contributed by atoms with van der Waals surface area (Å²) in [4.78, 5) is 16.3. The molecule has 1 N–H and O–H groups in total. The number of anilines is 1. The Morgan fingerprint density at radius 3 is 2.66 bits per heavy atom. The lowest BCUT2D eigenvalue weighted by atomic mass is 10.1. The van der Waals surface area contributed by atoms with Crippen molar-refractivity contribution < 1.29 is 9.13 Å². The quantitative estimate of drug-likeness (QED) is 0.571. The molecule has 1 heterocycles. The zero-order valence-corrected chi connectivity index (χ0v) is 17.5. The second-order valence-corrected chi connectivity index (χ2v) is 7.32. The third-order valence-corrected chi connectivity index (χ3v) is 4.88. The van der Waals surface area contributed by atoms with Crippen molar-refractivity contribution in [2.45, 2.75) is 26.4 Å². The van der Waals surface area contributed by atoms with Gasteiger partial charge in [0, 0.05) is 22.3 Å². The Balaban J connectivity index is 1.93. The molecule has 2 aromatic carbocycles. The van der Waals surface area contributed by atoms with E-state index in [1.165, 1.54) is 19.2 Å². The summed E-state index contributed by atoms with van der Waals surface area (Å²) in [6.07, 6.45) is 2.36. The first-order valence-corrected chi connectivity index (χ1v) is 9.76. The third-order valence-electron chi connectivity index (χ3n) is 4.43. The molecule has 0 saturated carbocycles. The molecule has 0 aliphatic carbocycles. The molecule has 0 aliphatic heterocycles. The highest BCUT2D eigenvalue weighted by Gasteiger charge is 2.11. The monoisotopic (exact) mass is 435 g/mol. The van der Waals surface area contributed by atoms with Gasteiger partial charge in [0.15, 0.2) is 0 Å². The van der Waals surface area contributed by atoms with Crippen molar-refractivity contribution in [3.8, 4) is 5.75 Å². The number of aryl methyl sites for hydroxylation is 1. The van der Waals surface area contributed by atoms with Crippen LogP contribution in [0.3, 0.4) is 0 Å². The van der Waals surface area contributed by atoms with E-state index in [0.29, 0.717) is 21.4 Å². The molecule has 8 heteroatoms. The number of nitrogens with one attached hydrogen (secondary N) is 1. The largest absolute Gasteiger partial charge is 0.490 e. The average Bonchev–Trinajstić information content (AvgIpc) is 2.67. The van der Waals surface area contributed by atoms with Gasteiger partial charge in [-0.1, -0.05) is 30.1 Å². The summed E-state index contributed by atoms with van der Waals surface area (Å²) < 4.78 is 20.6. The summed E-state index contributed by atoms with van der Waals surface area (Å²) in [5, 5.41) is 4.26. The maximum atomic E-state index is 13.7. The molecule has 5 nitrogen and oxygen atoms in total. The first kappa shape index (κ1) is 21.1. The number of halogens is 3. The van der Waals surface area contributed by atoms with Gasteiger partial charge < -0.3 is 14.6 Å². The van der Waals surface area contributed by atoms with Crippen LogP contribution in [0.15, 0.2) is 47.4 Å². The molecule has 0 spiro atoms. The SMILES string of the molecule is CCc1cc(Cl)ccc1NCc1nc(=O)c(OC)cn1Cc1cc(F)cc(Cl)c1. The molecule has 0 atom stereocenters. The summed E-state index contributed by atoms with van der Waals surface area (Å²) in [5.74, 6) is 0.159. The molecule has 0 amide bonds. The Morgan fingerprint density at radius 2 is 1.97 bits per heavy atom. The van der Waals surface area contributed by atoms with E-state index in [1.54, 1.807) is 22.9 Å². The number of methoxy groups -OCH3 is 1. The fourth-order valence-electron chi connectivity index (χ4n) is 3.03. The summed E-state index contributed by atoms with van der Waals surface area (Å²) >= 11 is 12.0. The number of hydrogen-bond donors (Lipinski definition) is 1. The van der Waals surface area contributed by atoms with E-state index in [0.717, 1.165) is 17.7 Å². The Morgan fingerprint density at radius 1 is 1.17 bits per heavy atom. The van der Waals surface area contributed by atoms with Gasteiger partial charge in [-0.15, -0.1) is 0 Å². The highest BCUT2D eigenvalue weighted by Crippen LogP contribution is 2.22. The predicted molar refractivity (Wildman–Crippen MR) is 114 cm³/mol. The van der Waals surface area contributed by atoms with Crippen LogP contribution in [0.2, 0.25) is 10.0 Å². The van der Waals surface area contributed by atoms with Gasteiger partial charge in [-0.25, -0.2) is 4.39 Å². The van der Waals surface area contributed by atoms with Gasteiger partial charge in [-0.2, -0.15) is 4.98 Å². The molecule has 3 rings (SSSR count). The van der Waals surface area contributed by atoms with E-state index >= 15 is 0 Å². The number of rotatable bonds is 7. The summed E-state index contributed by atoms with van der Waals surface area (Å²) in [5.41, 5.74) is 2.13. The molecule has 0 unspecified atom stereocenters. The van der Waals surface area contributed by atoms with Crippen LogP contribution in [0.1, 0.15) is 23.9 Å². The van der Waals surface area contributed by atoms with Crippen LogP contribution in [0.4, 0.5) is 10.1 Å². The van der Waals surface area contributed by atoms with Crippen LogP contribution in [0, 0.1) is 5.82 Å². The smallest absolute Gasteiger partial charge is 0.315 e. The topological polar surface area (TPSA) is 56.1 Å². The zero-order chi connectivity index (χ0) is 21.0. The minimum atomic E-state index is -0.468. The van der Waals surface area contributed by atoms with Crippen LogP contribution in [-0.4, -0.2) is 16.7 Å². The standard InChI is InChI=1S/C21H20Cl2FN3O2/c1-3-14-8-15(22)4-5-18(14)25-10-20-26-21(28)19(29-2)12-27(20)11-13-6-16(23)9-17(24)7-13/h4-9,12,25H,3,10-11H2,1-2H3. The number of benzene rings is 2. The Bertz CT molecular complexity index is 1070. The molecular formula is C21H20Cl2FN3O2. The van der Waals surface area contributed by atoms with E-state index in [1.807, 2.05) is 19.1 Å². The Labute approximate surface area is 178 Å². The molecule has 1 aromatic heterocycles. The third kappa shape index (κ3) is 5.28. The molecule has 0 bridgehead atoms. The van der Waals surface area contributed by atoms with Crippen molar-refractivity contribution in [3.05, 3.63) is 85.8 Å². The van der Waals surface area contributed by atoms with Gasteiger partial charge in [-0.05, 0) is 53.9 Å². The van der Waals surface area contributed by atoms with Crippen LogP contribution < -0.4 is 15.6 Å². The van der Waals surface area contributed by atoms with Crippen molar-refractivity contribution in [2.24, 2.45) is 0 Å². The van der Waals surface area contributed by atoms with Crippen molar-refractivity contribution >= 4 is 28.9 Å². The molecule has 0 radical (unpaired) electrons. The van der Waals surface area contributed by atoms with Crippen LogP contribution in [0.25, 0.3) is 0 Å². The average molecular weight is 436 g/mol. The maximum Gasteiger partial charge on any atom is 0.315 e. The lowest BCUT2D eigenvalue weighted by Crippen LogP contribution is -2.22. The van der Waals surface area contributed by atoms with Gasteiger partial charge in [0.2, 0.25) is 5.75 Å². The maximum absolute atomic E-state index is 13.7. The number of ether oxygens (including phenoxy) is 1. The van der Waals surface area contributed by atoms with Crippen molar-refractivity contribution in [1.29, 1.82) is 0 Å². The van der Waals surface area contributed by atoms with Crippen LogP contribution in [-0.2, 0) is 19.5 Å². The second-order valence-electron chi connectivity index (χ2n) is 6.44. The molecule has 0 saturated heterocycles. The minimum absolute atomic E-state index is 0.108. The van der Waals surface area contributed by atoms with Crippen molar-refractivity contribution in [2.75, 3.05) is 12.4 Å². The highest BCUT2D eigenvalue weighted by molar-refractivity contribution is 6.31. The van der Waals surface area contributed by atoms with Gasteiger partial charge >= 0.3 is 5.56 Å². The molecule has 0 fully saturated rings. The molecular weight excluding hydrogens is 416 g/mol. The second kappa shape index (κ2) is 9.29. The van der Waals surface area contributed by atoms with E-state index in [2.05, 4.69) is 10.3 Å². The number of nitrogens with zero attached hydrogens (tertiary/aromatic N) is 2. The van der Waals surface area contributed by atoms with Crippen LogP contribution >= 0.6 is 23.2 Å². The number of aromatic nitrogens is 2. The zero-order valence-electron chi connectivity index (χ0n) is 16.0. The lowest BCUT2D eigenvalue weighted by Gasteiger charge is -2.16. The van der Waals surface area contributed by atoms with E-state index in [9.17, 15) is 9.18 Å². The predicted octanol–water partition coefficient (Wildman–Crippen LogP) is 4.92. The lowest BCUT2D eigenvalue weighted by molar-refractivity contribution is 0.400. The fraction of sp³-hybridized carbons (Fsp3) is 0.238. The molecule has 0 aliphatic rings. The number of hydrogen-bond acceptors (Lipinski definition) is 4. The summed E-state index contributed by atoms with van der Waals surface area (Å²) in [6.45, 7) is 2.60. The Hall–Kier alpha value is -2.57. The molecule has 152 valence electrons. The highest BCUT2D eigenvalue weighted by atomic mass is 35.5. The fourth-order valence-corrected chi connectivity index (χ4v) is 3.47. The van der Waals surface area contributed by atoms with E-state index in [-0.39, 0.29) is 18.8 Å². The molecule has 3 aromatic rings. The Kier molecular flexibility index (Phi) is 6.77. The first-order valence-electron chi connectivity index (χ1n) is 9.01. The van der Waals surface area contributed by atoms with E-state index < -0.39 is 11.4 Å². The first-order chi connectivity index (χ1) is 13.9. The van der Waals surface area contributed by atoms with Gasteiger partial charge in [0.25, 0.3) is 0 Å². The van der Waals surface area contributed by atoms with Gasteiger partial charge in [0.1, 0.15) is 11.6 Å². The summed E-state index contributed by atoms with van der Waals surface area (Å²) in [7, 11) is 1.40. The van der Waals surface area contributed by atoms with Crippen molar-refractivity contribution in [1.82, 2.24) is 9.55 Å². The minimum Gasteiger partial charge on any atom is -0.490 e. The molecule has 29 heavy (non-hydrogen) atoms. The summed E-state index contributed by atoms with van der Waals surface area (Å²) in [6, 6.07) is 9.88. The van der Waals surface area contributed by atoms with Crippen molar-refractivity contribution in [3.63, 3.8) is 0 Å².